The molecule has 43 heavy (non-hydrogen) atoms. The van der Waals surface area contributed by atoms with Gasteiger partial charge < -0.3 is 29.1 Å². The van der Waals surface area contributed by atoms with Crippen LogP contribution in [0.3, 0.4) is 0 Å². The SMILES string of the molecule is COc1ccc(C(=O)N2CCN(c3nc(C(O)c4ccc(Oc5ccccc5)cc4)ns3)CC2C)cc1OC1CCCC1. The van der Waals surface area contributed by atoms with Crippen LogP contribution in [-0.2, 0) is 0 Å². The molecule has 2 aliphatic rings. The minimum atomic E-state index is -0.952. The number of carbonyl (C=O) groups excluding carboxylic acids is 1. The molecule has 1 aromatic heterocycles. The average molecular weight is 601 g/mol. The number of hydrogen-bond donors (Lipinski definition) is 1. The normalized spacial score (nSPS) is 18.0. The Kier molecular flexibility index (Phi) is 8.76. The van der Waals surface area contributed by atoms with E-state index < -0.39 is 6.10 Å². The number of para-hydroxylation sites is 1. The molecule has 4 aromatic rings. The van der Waals surface area contributed by atoms with Crippen molar-refractivity contribution in [3.8, 4) is 23.0 Å². The van der Waals surface area contributed by atoms with Gasteiger partial charge in [0.15, 0.2) is 17.3 Å². The summed E-state index contributed by atoms with van der Waals surface area (Å²) in [6.45, 7) is 3.82. The highest BCUT2D eigenvalue weighted by molar-refractivity contribution is 7.09. The van der Waals surface area contributed by atoms with Crippen LogP contribution in [0.1, 0.15) is 60.5 Å². The molecule has 1 saturated heterocycles. The fourth-order valence-corrected chi connectivity index (χ4v) is 6.38. The molecule has 2 fully saturated rings. The molecule has 6 rings (SSSR count). The number of nitrogens with zero attached hydrogens (tertiary/aromatic N) is 4. The number of aliphatic hydroxyl groups is 1. The number of methoxy groups -OCH3 is 1. The number of ether oxygens (including phenoxy) is 3. The number of aromatic nitrogens is 2. The maximum Gasteiger partial charge on any atom is 0.254 e. The standard InChI is InChI=1S/C33H36N4O5S/c1-22-21-36(18-19-37(22)32(39)24-14-17-28(40-2)29(20-24)42-26-10-6-7-11-26)33-34-31(35-43-33)30(38)23-12-15-27(16-13-23)41-25-8-4-3-5-9-25/h3-5,8-9,12-17,20,22,26,30,38H,6-7,10-11,18-19,21H2,1-2H3. The van der Waals surface area contributed by atoms with Crippen LogP contribution in [0.25, 0.3) is 0 Å². The Hall–Kier alpha value is -4.15. The van der Waals surface area contributed by atoms with Gasteiger partial charge in [-0.25, -0.2) is 4.98 Å². The van der Waals surface area contributed by atoms with Gasteiger partial charge in [-0.1, -0.05) is 30.3 Å². The fraction of sp³-hybridized carbons (Fsp3) is 0.364. The summed E-state index contributed by atoms with van der Waals surface area (Å²) in [6.07, 6.45) is 3.61. The van der Waals surface area contributed by atoms with E-state index in [1.54, 1.807) is 13.2 Å². The van der Waals surface area contributed by atoms with Gasteiger partial charge in [0.05, 0.1) is 13.2 Å². The van der Waals surface area contributed by atoms with E-state index in [1.165, 1.54) is 24.4 Å². The second-order valence-electron chi connectivity index (χ2n) is 11.0. The summed E-state index contributed by atoms with van der Waals surface area (Å²) >= 11 is 1.26. The second kappa shape index (κ2) is 13.0. The van der Waals surface area contributed by atoms with Crippen LogP contribution in [0.4, 0.5) is 5.13 Å². The maximum absolute atomic E-state index is 13.6. The van der Waals surface area contributed by atoms with Crippen LogP contribution in [0.15, 0.2) is 72.8 Å². The molecule has 224 valence electrons. The Labute approximate surface area is 255 Å². The van der Waals surface area contributed by atoms with Crippen LogP contribution in [-0.4, -0.2) is 64.2 Å². The topological polar surface area (TPSA) is 97.3 Å². The summed E-state index contributed by atoms with van der Waals surface area (Å²) in [5.74, 6) is 3.04. The van der Waals surface area contributed by atoms with Crippen molar-refractivity contribution in [2.24, 2.45) is 0 Å². The molecular weight excluding hydrogens is 564 g/mol. The first-order chi connectivity index (χ1) is 21.0. The number of aliphatic hydroxyl groups excluding tert-OH is 1. The molecule has 1 saturated carbocycles. The third kappa shape index (κ3) is 6.60. The smallest absolute Gasteiger partial charge is 0.254 e. The zero-order valence-corrected chi connectivity index (χ0v) is 25.2. The minimum Gasteiger partial charge on any atom is -0.493 e. The number of amides is 1. The quantitative estimate of drug-likeness (QED) is 0.247. The molecular formula is C33H36N4O5S. The number of anilines is 1. The van der Waals surface area contributed by atoms with Crippen LogP contribution in [0.2, 0.25) is 0 Å². The minimum absolute atomic E-state index is 0.0286. The third-order valence-corrected chi connectivity index (χ3v) is 8.81. The van der Waals surface area contributed by atoms with Gasteiger partial charge in [0, 0.05) is 42.8 Å². The summed E-state index contributed by atoms with van der Waals surface area (Å²) in [6, 6.07) is 22.2. The van der Waals surface area contributed by atoms with Gasteiger partial charge in [-0.2, -0.15) is 4.37 Å². The summed E-state index contributed by atoms with van der Waals surface area (Å²) in [4.78, 5) is 22.2. The van der Waals surface area contributed by atoms with E-state index >= 15 is 0 Å². The molecule has 0 radical (unpaired) electrons. The highest BCUT2D eigenvalue weighted by Gasteiger charge is 2.31. The van der Waals surface area contributed by atoms with Gasteiger partial charge in [-0.3, -0.25) is 4.79 Å². The van der Waals surface area contributed by atoms with Crippen molar-refractivity contribution in [2.45, 2.75) is 50.9 Å². The van der Waals surface area contributed by atoms with Gasteiger partial charge in [0.1, 0.15) is 17.6 Å². The third-order valence-electron chi connectivity index (χ3n) is 8.02. The van der Waals surface area contributed by atoms with Gasteiger partial charge in [0.25, 0.3) is 5.91 Å². The molecule has 3 aromatic carbocycles. The zero-order valence-electron chi connectivity index (χ0n) is 24.4. The number of hydrogen-bond acceptors (Lipinski definition) is 9. The van der Waals surface area contributed by atoms with Crippen LogP contribution >= 0.6 is 11.5 Å². The fourth-order valence-electron chi connectivity index (χ4n) is 5.64. The average Bonchev–Trinajstić information content (AvgIpc) is 3.74. The van der Waals surface area contributed by atoms with Crippen molar-refractivity contribution in [1.29, 1.82) is 0 Å². The predicted molar refractivity (Wildman–Crippen MR) is 166 cm³/mol. The van der Waals surface area contributed by atoms with Gasteiger partial charge in [0.2, 0.25) is 5.13 Å². The Morgan fingerprint density at radius 3 is 2.44 bits per heavy atom. The molecule has 2 unspecified atom stereocenters. The lowest BCUT2D eigenvalue weighted by atomic mass is 10.1. The number of benzene rings is 3. The Bertz CT molecular complexity index is 1520. The molecule has 0 bridgehead atoms. The van der Waals surface area contributed by atoms with E-state index in [-0.39, 0.29) is 18.1 Å². The van der Waals surface area contributed by atoms with E-state index in [9.17, 15) is 9.90 Å². The number of rotatable bonds is 9. The number of carbonyl (C=O) groups is 1. The van der Waals surface area contributed by atoms with Crippen LogP contribution in [0, 0.1) is 0 Å². The molecule has 9 nitrogen and oxygen atoms in total. The number of piperazine rings is 1. The molecule has 1 N–H and O–H groups in total. The summed E-state index contributed by atoms with van der Waals surface area (Å²) in [5.41, 5.74) is 1.28. The monoisotopic (exact) mass is 600 g/mol. The summed E-state index contributed by atoms with van der Waals surface area (Å²) in [5, 5.41) is 11.7. The molecule has 1 aliphatic heterocycles. The molecule has 2 heterocycles. The Morgan fingerprint density at radius 2 is 1.72 bits per heavy atom. The molecule has 0 spiro atoms. The Morgan fingerprint density at radius 1 is 0.977 bits per heavy atom. The molecule has 10 heteroatoms. The van der Waals surface area contributed by atoms with Gasteiger partial charge >= 0.3 is 0 Å². The maximum atomic E-state index is 13.6. The van der Waals surface area contributed by atoms with Crippen LogP contribution in [0.5, 0.6) is 23.0 Å². The van der Waals surface area contributed by atoms with Crippen molar-refractivity contribution in [1.82, 2.24) is 14.3 Å². The van der Waals surface area contributed by atoms with E-state index in [0.29, 0.717) is 53.8 Å². The largest absolute Gasteiger partial charge is 0.493 e. The van der Waals surface area contributed by atoms with Crippen LogP contribution < -0.4 is 19.1 Å². The van der Waals surface area contributed by atoms with Crippen molar-refractivity contribution < 1.29 is 24.1 Å². The van der Waals surface area contributed by atoms with Crippen molar-refractivity contribution in [3.05, 3.63) is 89.7 Å². The first-order valence-electron chi connectivity index (χ1n) is 14.7. The lowest BCUT2D eigenvalue weighted by molar-refractivity contribution is 0.0673. The van der Waals surface area contributed by atoms with Crippen molar-refractivity contribution in [2.75, 3.05) is 31.6 Å². The van der Waals surface area contributed by atoms with Gasteiger partial charge in [-0.15, -0.1) is 0 Å². The zero-order chi connectivity index (χ0) is 29.8. The highest BCUT2D eigenvalue weighted by Crippen LogP contribution is 2.34. The summed E-state index contributed by atoms with van der Waals surface area (Å²) in [7, 11) is 1.62. The lowest BCUT2D eigenvalue weighted by Gasteiger charge is -2.39. The van der Waals surface area contributed by atoms with Gasteiger partial charge in [-0.05, 0) is 80.6 Å². The first kappa shape index (κ1) is 28.9. The van der Waals surface area contributed by atoms with E-state index in [2.05, 4.69) is 14.3 Å². The predicted octanol–water partition coefficient (Wildman–Crippen LogP) is 6.09. The van der Waals surface area contributed by atoms with E-state index in [1.807, 2.05) is 78.6 Å². The van der Waals surface area contributed by atoms with E-state index in [0.717, 1.165) is 23.7 Å². The molecule has 2 atom stereocenters. The van der Waals surface area contributed by atoms with Crippen molar-refractivity contribution in [3.63, 3.8) is 0 Å². The second-order valence-corrected chi connectivity index (χ2v) is 11.7. The van der Waals surface area contributed by atoms with Crippen molar-refractivity contribution >= 4 is 22.6 Å². The highest BCUT2D eigenvalue weighted by atomic mass is 32.1. The van der Waals surface area contributed by atoms with E-state index in [4.69, 9.17) is 14.2 Å². The first-order valence-corrected chi connectivity index (χ1v) is 15.5. The summed E-state index contributed by atoms with van der Waals surface area (Å²) < 4.78 is 22.0. The lowest BCUT2D eigenvalue weighted by Crippen LogP contribution is -2.54. The Balaban J connectivity index is 1.08. The molecule has 1 amide bonds. The molecule has 1 aliphatic carbocycles.